The molecule has 1 saturated heterocycles. The smallest absolute Gasteiger partial charge is 0.234 e. The fourth-order valence-corrected chi connectivity index (χ4v) is 1.62. The normalized spacial score (nSPS) is 21.0. The van der Waals surface area contributed by atoms with Crippen molar-refractivity contribution in [2.45, 2.75) is 18.9 Å². The van der Waals surface area contributed by atoms with Gasteiger partial charge in [0.2, 0.25) is 5.91 Å². The minimum absolute atomic E-state index is 0.0453. The van der Waals surface area contributed by atoms with E-state index in [-0.39, 0.29) is 11.9 Å². The van der Waals surface area contributed by atoms with E-state index in [0.29, 0.717) is 6.42 Å². The third-order valence-electron chi connectivity index (χ3n) is 2.58. The Kier molecular flexibility index (Phi) is 3.22. The van der Waals surface area contributed by atoms with Gasteiger partial charge in [-0.1, -0.05) is 30.4 Å². The van der Waals surface area contributed by atoms with Crippen LogP contribution in [-0.2, 0) is 4.79 Å². The van der Waals surface area contributed by atoms with Crippen LogP contribution in [0.2, 0.25) is 0 Å². The molecule has 0 saturated carbocycles. The Balaban J connectivity index is 1.99. The van der Waals surface area contributed by atoms with Crippen LogP contribution in [0.3, 0.4) is 0 Å². The summed E-state index contributed by atoms with van der Waals surface area (Å²) in [7, 11) is 0. The van der Waals surface area contributed by atoms with Gasteiger partial charge < -0.3 is 5.73 Å². The average Bonchev–Trinajstić information content (AvgIpc) is 2.30. The molecule has 16 heavy (non-hydrogen) atoms. The number of hydrogen-bond acceptors (Lipinski definition) is 3. The van der Waals surface area contributed by atoms with Gasteiger partial charge in [0, 0.05) is 18.2 Å². The van der Waals surface area contributed by atoms with Crippen LogP contribution in [0.5, 0.6) is 0 Å². The molecule has 1 aliphatic heterocycles. The molecule has 4 nitrogen and oxygen atoms in total. The van der Waals surface area contributed by atoms with E-state index in [1.807, 2.05) is 36.4 Å². The van der Waals surface area contributed by atoms with Crippen LogP contribution in [0.25, 0.3) is 6.08 Å². The fraction of sp³-hybridized carbons (Fsp3) is 0.250. The number of nitrogens with two attached hydrogens (primary N) is 1. The number of carbonyl (C=O) groups excluding carboxylic acids is 1. The minimum Gasteiger partial charge on any atom is -0.398 e. The van der Waals surface area contributed by atoms with Crippen LogP contribution in [-0.4, -0.2) is 11.9 Å². The second kappa shape index (κ2) is 4.81. The third kappa shape index (κ3) is 2.61. The largest absolute Gasteiger partial charge is 0.398 e. The molecule has 0 radical (unpaired) electrons. The Morgan fingerprint density at radius 1 is 1.38 bits per heavy atom. The molecule has 4 heteroatoms. The fourth-order valence-electron chi connectivity index (χ4n) is 1.62. The highest BCUT2D eigenvalue weighted by Crippen LogP contribution is 2.13. The molecule has 1 aromatic rings. The van der Waals surface area contributed by atoms with Crippen LogP contribution in [0.15, 0.2) is 30.3 Å². The highest BCUT2D eigenvalue weighted by Gasteiger charge is 2.14. The number of carbonyl (C=O) groups is 1. The molecule has 84 valence electrons. The van der Waals surface area contributed by atoms with Crippen molar-refractivity contribution >= 4 is 17.7 Å². The van der Waals surface area contributed by atoms with Crippen molar-refractivity contribution in [2.24, 2.45) is 0 Å². The molecular formula is C12H15N3O. The second-order valence-electron chi connectivity index (χ2n) is 3.83. The number of nitrogens with one attached hydrogen (secondary N) is 2. The van der Waals surface area contributed by atoms with Gasteiger partial charge in [0.25, 0.3) is 0 Å². The Morgan fingerprint density at radius 2 is 2.19 bits per heavy atom. The molecule has 0 spiro atoms. The number of nitrogen functional groups attached to an aromatic ring is 1. The lowest BCUT2D eigenvalue weighted by atomic mass is 10.1. The van der Waals surface area contributed by atoms with E-state index >= 15 is 0 Å². The zero-order chi connectivity index (χ0) is 11.4. The number of amides is 1. The Labute approximate surface area is 94.5 Å². The van der Waals surface area contributed by atoms with E-state index in [0.717, 1.165) is 17.7 Å². The van der Waals surface area contributed by atoms with E-state index in [4.69, 9.17) is 5.73 Å². The van der Waals surface area contributed by atoms with Crippen molar-refractivity contribution in [3.05, 3.63) is 35.9 Å². The maximum absolute atomic E-state index is 10.9. The van der Waals surface area contributed by atoms with Crippen molar-refractivity contribution in [3.63, 3.8) is 0 Å². The summed E-state index contributed by atoms with van der Waals surface area (Å²) in [5, 5.41) is 0. The van der Waals surface area contributed by atoms with Crippen molar-refractivity contribution < 1.29 is 4.79 Å². The van der Waals surface area contributed by atoms with Gasteiger partial charge in [-0.2, -0.15) is 0 Å². The predicted octanol–water partition coefficient (Wildman–Crippen LogP) is 1.07. The maximum atomic E-state index is 10.9. The summed E-state index contributed by atoms with van der Waals surface area (Å²) in [4.78, 5) is 10.9. The molecule has 1 atom stereocenters. The first-order valence-corrected chi connectivity index (χ1v) is 5.33. The summed E-state index contributed by atoms with van der Waals surface area (Å²) in [6.45, 7) is 0. The zero-order valence-corrected chi connectivity index (χ0v) is 8.94. The van der Waals surface area contributed by atoms with Crippen LogP contribution >= 0.6 is 0 Å². The van der Waals surface area contributed by atoms with Crippen LogP contribution in [0.1, 0.15) is 18.4 Å². The quantitative estimate of drug-likeness (QED) is 0.649. The Morgan fingerprint density at radius 3 is 2.88 bits per heavy atom. The van der Waals surface area contributed by atoms with E-state index in [1.54, 1.807) is 0 Å². The van der Waals surface area contributed by atoms with Crippen LogP contribution in [0.4, 0.5) is 5.69 Å². The topological polar surface area (TPSA) is 67.2 Å². The van der Waals surface area contributed by atoms with Crippen molar-refractivity contribution in [3.8, 4) is 0 Å². The summed E-state index contributed by atoms with van der Waals surface area (Å²) in [5.74, 6) is 0.0453. The lowest BCUT2D eigenvalue weighted by Crippen LogP contribution is -2.48. The zero-order valence-electron chi connectivity index (χ0n) is 8.94. The number of hydrogen-bond donors (Lipinski definition) is 3. The minimum atomic E-state index is 0.0453. The van der Waals surface area contributed by atoms with Crippen LogP contribution < -0.4 is 16.6 Å². The molecule has 1 unspecified atom stereocenters. The Hall–Kier alpha value is -1.81. The average molecular weight is 217 g/mol. The first-order valence-electron chi connectivity index (χ1n) is 5.33. The number of hydrazine groups is 1. The van der Waals surface area contributed by atoms with Gasteiger partial charge >= 0.3 is 0 Å². The summed E-state index contributed by atoms with van der Waals surface area (Å²) in [6, 6.07) is 7.87. The summed E-state index contributed by atoms with van der Waals surface area (Å²) in [6.07, 6.45) is 5.37. The van der Waals surface area contributed by atoms with Crippen molar-refractivity contribution in [1.82, 2.24) is 10.9 Å². The molecule has 1 aromatic carbocycles. The predicted molar refractivity (Wildman–Crippen MR) is 64.2 cm³/mol. The highest BCUT2D eigenvalue weighted by molar-refractivity contribution is 5.76. The maximum Gasteiger partial charge on any atom is 0.234 e. The molecule has 1 fully saturated rings. The molecule has 1 heterocycles. The summed E-state index contributed by atoms with van der Waals surface area (Å²) < 4.78 is 0. The lowest BCUT2D eigenvalue weighted by Gasteiger charge is -2.20. The van der Waals surface area contributed by atoms with Gasteiger partial charge in [-0.3, -0.25) is 10.2 Å². The van der Waals surface area contributed by atoms with E-state index in [2.05, 4.69) is 10.9 Å². The lowest BCUT2D eigenvalue weighted by molar-refractivity contribution is -0.123. The first kappa shape index (κ1) is 10.7. The Bertz CT molecular complexity index is 404. The summed E-state index contributed by atoms with van der Waals surface area (Å²) >= 11 is 0. The number of anilines is 1. The summed E-state index contributed by atoms with van der Waals surface area (Å²) in [5.41, 5.74) is 13.1. The molecule has 4 N–H and O–H groups in total. The van der Waals surface area contributed by atoms with Gasteiger partial charge in [0.15, 0.2) is 0 Å². The molecule has 0 bridgehead atoms. The van der Waals surface area contributed by atoms with Gasteiger partial charge in [0.05, 0.1) is 0 Å². The molecular weight excluding hydrogens is 202 g/mol. The standard InChI is InChI=1S/C12H15N3O/c13-11-4-2-1-3-9(11)5-6-10-7-8-12(16)15-14-10/h1-6,10,14H,7-8,13H2,(H,15,16)/b6-5+. The van der Waals surface area contributed by atoms with Gasteiger partial charge in [-0.05, 0) is 18.1 Å². The number of para-hydroxylation sites is 1. The molecule has 2 rings (SSSR count). The number of rotatable bonds is 2. The van der Waals surface area contributed by atoms with Crippen molar-refractivity contribution in [1.29, 1.82) is 0 Å². The van der Waals surface area contributed by atoms with E-state index in [1.165, 1.54) is 0 Å². The molecule has 0 aromatic heterocycles. The van der Waals surface area contributed by atoms with Gasteiger partial charge in [0.1, 0.15) is 0 Å². The molecule has 1 aliphatic rings. The first-order chi connectivity index (χ1) is 7.75. The molecule has 0 aliphatic carbocycles. The third-order valence-corrected chi connectivity index (χ3v) is 2.58. The van der Waals surface area contributed by atoms with Gasteiger partial charge in [-0.15, -0.1) is 0 Å². The van der Waals surface area contributed by atoms with E-state index in [9.17, 15) is 4.79 Å². The molecule has 1 amide bonds. The SMILES string of the molecule is Nc1ccccc1/C=C/C1CCC(=O)NN1. The monoisotopic (exact) mass is 217 g/mol. The van der Waals surface area contributed by atoms with E-state index < -0.39 is 0 Å². The van der Waals surface area contributed by atoms with Crippen molar-refractivity contribution in [2.75, 3.05) is 5.73 Å². The van der Waals surface area contributed by atoms with Crippen LogP contribution in [0, 0.1) is 0 Å². The highest BCUT2D eigenvalue weighted by atomic mass is 16.2. The second-order valence-corrected chi connectivity index (χ2v) is 3.83. The van der Waals surface area contributed by atoms with Gasteiger partial charge in [-0.25, -0.2) is 5.43 Å². The number of benzene rings is 1.